The van der Waals surface area contributed by atoms with Crippen molar-refractivity contribution in [1.82, 2.24) is 10.3 Å². The van der Waals surface area contributed by atoms with E-state index in [1.165, 1.54) is 17.4 Å². The Morgan fingerprint density at radius 3 is 2.77 bits per heavy atom. The highest BCUT2D eigenvalue weighted by atomic mass is 35.5. The number of carbonyl (C=O) groups is 1. The van der Waals surface area contributed by atoms with E-state index < -0.39 is 17.7 Å². The van der Waals surface area contributed by atoms with Crippen LogP contribution in [-0.4, -0.2) is 10.9 Å². The molecule has 26 heavy (non-hydrogen) atoms. The molecule has 3 aromatic rings. The second-order valence-electron chi connectivity index (χ2n) is 5.76. The van der Waals surface area contributed by atoms with Gasteiger partial charge in [0.2, 0.25) is 5.91 Å². The summed E-state index contributed by atoms with van der Waals surface area (Å²) in [5.74, 6) is -1.64. The summed E-state index contributed by atoms with van der Waals surface area (Å²) in [7, 11) is 0. The number of rotatable bonds is 5. The van der Waals surface area contributed by atoms with Crippen molar-refractivity contribution in [3.63, 3.8) is 0 Å². The van der Waals surface area contributed by atoms with Gasteiger partial charge in [0, 0.05) is 22.6 Å². The van der Waals surface area contributed by atoms with Crippen LogP contribution in [0.4, 0.5) is 8.78 Å². The van der Waals surface area contributed by atoms with Crippen molar-refractivity contribution in [1.29, 1.82) is 0 Å². The van der Waals surface area contributed by atoms with E-state index in [1.807, 2.05) is 18.2 Å². The highest BCUT2D eigenvalue weighted by molar-refractivity contribution is 7.13. The molecule has 0 fully saturated rings. The summed E-state index contributed by atoms with van der Waals surface area (Å²) < 4.78 is 26.8. The minimum atomic E-state index is -0.688. The SMILES string of the molecule is CC(NC(=O)Cc1csc(-c2ccccc2Cl)n1)c1ccc(F)cc1F. The standard InChI is InChI=1S/C19H15ClF2N2OS/c1-11(14-7-6-12(21)8-17(14)22)23-18(25)9-13-10-26-19(24-13)15-4-2-3-5-16(15)20/h2-8,10-11H,9H2,1H3,(H,23,25). The lowest BCUT2D eigenvalue weighted by Gasteiger charge is -2.14. The van der Waals surface area contributed by atoms with Gasteiger partial charge >= 0.3 is 0 Å². The Morgan fingerprint density at radius 1 is 1.27 bits per heavy atom. The van der Waals surface area contributed by atoms with Crippen molar-refractivity contribution >= 4 is 28.8 Å². The van der Waals surface area contributed by atoms with E-state index in [0.29, 0.717) is 10.7 Å². The number of nitrogens with one attached hydrogen (secondary N) is 1. The summed E-state index contributed by atoms with van der Waals surface area (Å²) in [6.07, 6.45) is 0.0636. The summed E-state index contributed by atoms with van der Waals surface area (Å²) in [4.78, 5) is 16.7. The molecular formula is C19H15ClF2N2OS. The second-order valence-corrected chi connectivity index (χ2v) is 7.02. The van der Waals surface area contributed by atoms with Crippen LogP contribution in [0.3, 0.4) is 0 Å². The lowest BCUT2D eigenvalue weighted by atomic mass is 10.1. The third-order valence-corrected chi connectivity index (χ3v) is 5.06. The number of carbonyl (C=O) groups excluding carboxylic acids is 1. The summed E-state index contributed by atoms with van der Waals surface area (Å²) in [5, 5.41) is 5.82. The van der Waals surface area contributed by atoms with Crippen LogP contribution < -0.4 is 5.32 Å². The van der Waals surface area contributed by atoms with Crippen molar-refractivity contribution < 1.29 is 13.6 Å². The molecular weight excluding hydrogens is 378 g/mol. The van der Waals surface area contributed by atoms with E-state index in [-0.39, 0.29) is 17.9 Å². The largest absolute Gasteiger partial charge is 0.349 e. The molecule has 1 unspecified atom stereocenters. The minimum Gasteiger partial charge on any atom is -0.349 e. The van der Waals surface area contributed by atoms with Crippen LogP contribution in [0.2, 0.25) is 5.02 Å². The smallest absolute Gasteiger partial charge is 0.226 e. The summed E-state index contributed by atoms with van der Waals surface area (Å²) in [6, 6.07) is 10.1. The molecule has 0 bridgehead atoms. The van der Waals surface area contributed by atoms with Crippen molar-refractivity contribution in [3.05, 3.63) is 75.8 Å². The molecule has 0 aliphatic heterocycles. The Labute approximate surface area is 158 Å². The summed E-state index contributed by atoms with van der Waals surface area (Å²) >= 11 is 7.56. The van der Waals surface area contributed by atoms with E-state index in [0.717, 1.165) is 22.7 Å². The highest BCUT2D eigenvalue weighted by Gasteiger charge is 2.16. The second kappa shape index (κ2) is 7.93. The average molecular weight is 393 g/mol. The maximum atomic E-state index is 13.8. The molecule has 1 heterocycles. The zero-order chi connectivity index (χ0) is 18.7. The van der Waals surface area contributed by atoms with Crippen molar-refractivity contribution in [2.24, 2.45) is 0 Å². The van der Waals surface area contributed by atoms with Crippen LogP contribution >= 0.6 is 22.9 Å². The van der Waals surface area contributed by atoms with Crippen molar-refractivity contribution in [2.45, 2.75) is 19.4 Å². The molecule has 1 atom stereocenters. The van der Waals surface area contributed by atoms with Gasteiger partial charge in [-0.15, -0.1) is 11.3 Å². The maximum Gasteiger partial charge on any atom is 0.226 e. The molecule has 1 N–H and O–H groups in total. The van der Waals surface area contributed by atoms with E-state index in [9.17, 15) is 13.6 Å². The van der Waals surface area contributed by atoms with Gasteiger partial charge < -0.3 is 5.32 Å². The first-order valence-electron chi connectivity index (χ1n) is 7.87. The minimum absolute atomic E-state index is 0.0636. The van der Waals surface area contributed by atoms with Crippen LogP contribution in [0.1, 0.15) is 24.2 Å². The molecule has 0 aliphatic carbocycles. The third kappa shape index (κ3) is 4.26. The molecule has 1 aromatic heterocycles. The molecule has 2 aromatic carbocycles. The summed E-state index contributed by atoms with van der Waals surface area (Å²) in [5.41, 5.74) is 1.65. The van der Waals surface area contributed by atoms with Gasteiger partial charge in [-0.3, -0.25) is 4.79 Å². The highest BCUT2D eigenvalue weighted by Crippen LogP contribution is 2.30. The number of thiazole rings is 1. The quantitative estimate of drug-likeness (QED) is 0.651. The zero-order valence-electron chi connectivity index (χ0n) is 13.8. The van der Waals surface area contributed by atoms with Gasteiger partial charge in [-0.1, -0.05) is 35.9 Å². The van der Waals surface area contributed by atoms with Gasteiger partial charge in [-0.2, -0.15) is 0 Å². The Balaban J connectivity index is 1.66. The number of halogens is 3. The fraction of sp³-hybridized carbons (Fsp3) is 0.158. The maximum absolute atomic E-state index is 13.8. The molecule has 0 saturated heterocycles. The molecule has 0 aliphatic rings. The first-order chi connectivity index (χ1) is 12.4. The Kier molecular flexibility index (Phi) is 5.64. The number of aromatic nitrogens is 1. The van der Waals surface area contributed by atoms with Crippen LogP contribution in [0.5, 0.6) is 0 Å². The molecule has 0 saturated carbocycles. The van der Waals surface area contributed by atoms with Crippen LogP contribution in [0.25, 0.3) is 10.6 Å². The average Bonchev–Trinajstić information content (AvgIpc) is 3.03. The fourth-order valence-corrected chi connectivity index (χ4v) is 3.67. The van der Waals surface area contributed by atoms with Gasteiger partial charge in [-0.25, -0.2) is 13.8 Å². The number of benzene rings is 2. The van der Waals surface area contributed by atoms with E-state index >= 15 is 0 Å². The third-order valence-electron chi connectivity index (χ3n) is 3.80. The molecule has 134 valence electrons. The lowest BCUT2D eigenvalue weighted by Crippen LogP contribution is -2.28. The van der Waals surface area contributed by atoms with Gasteiger partial charge in [0.15, 0.2) is 0 Å². The molecule has 1 amide bonds. The first kappa shape index (κ1) is 18.5. The number of hydrogen-bond donors (Lipinski definition) is 1. The van der Waals surface area contributed by atoms with E-state index in [1.54, 1.807) is 18.4 Å². The zero-order valence-corrected chi connectivity index (χ0v) is 15.4. The van der Waals surface area contributed by atoms with Crippen molar-refractivity contribution in [2.75, 3.05) is 0 Å². The van der Waals surface area contributed by atoms with Crippen molar-refractivity contribution in [3.8, 4) is 10.6 Å². The van der Waals surface area contributed by atoms with Gasteiger partial charge in [-0.05, 0) is 19.1 Å². The Hall–Kier alpha value is -2.31. The molecule has 7 heteroatoms. The lowest BCUT2D eigenvalue weighted by molar-refractivity contribution is -0.121. The summed E-state index contributed by atoms with van der Waals surface area (Å²) in [6.45, 7) is 1.64. The fourth-order valence-electron chi connectivity index (χ4n) is 2.53. The number of nitrogens with zero attached hydrogens (tertiary/aromatic N) is 1. The van der Waals surface area contributed by atoms with E-state index in [2.05, 4.69) is 10.3 Å². The van der Waals surface area contributed by atoms with Crippen LogP contribution in [-0.2, 0) is 11.2 Å². The predicted octanol–water partition coefficient (Wildman–Crippen LogP) is 5.16. The van der Waals surface area contributed by atoms with E-state index in [4.69, 9.17) is 11.6 Å². The van der Waals surface area contributed by atoms with Gasteiger partial charge in [0.25, 0.3) is 0 Å². The van der Waals surface area contributed by atoms with Crippen LogP contribution in [0.15, 0.2) is 47.8 Å². The molecule has 3 rings (SSSR count). The number of amides is 1. The molecule has 0 spiro atoms. The Bertz CT molecular complexity index is 945. The van der Waals surface area contributed by atoms with Gasteiger partial charge in [0.1, 0.15) is 16.6 Å². The topological polar surface area (TPSA) is 42.0 Å². The monoisotopic (exact) mass is 392 g/mol. The predicted molar refractivity (Wildman–Crippen MR) is 99.2 cm³/mol. The normalized spacial score (nSPS) is 12.0. The van der Waals surface area contributed by atoms with Crippen LogP contribution in [0, 0.1) is 11.6 Å². The first-order valence-corrected chi connectivity index (χ1v) is 9.13. The van der Waals surface area contributed by atoms with Gasteiger partial charge in [0.05, 0.1) is 23.2 Å². The number of hydrogen-bond acceptors (Lipinski definition) is 3. The molecule has 3 nitrogen and oxygen atoms in total. The Morgan fingerprint density at radius 2 is 2.04 bits per heavy atom. The molecule has 0 radical (unpaired) electrons.